The van der Waals surface area contributed by atoms with E-state index in [2.05, 4.69) is 19.6 Å². The Balaban J connectivity index is 2.83. The van der Waals surface area contributed by atoms with E-state index in [-0.39, 0.29) is 6.61 Å². The van der Waals surface area contributed by atoms with Gasteiger partial charge in [-0.25, -0.2) is 0 Å². The van der Waals surface area contributed by atoms with Crippen LogP contribution in [0.2, 0.25) is 0 Å². The highest BCUT2D eigenvalue weighted by atomic mass is 32.2. The topological polar surface area (TPSA) is 20.2 Å². The molecule has 0 aliphatic heterocycles. The molecular formula is C10H10OS2. The number of thiophene rings is 1. The van der Waals surface area contributed by atoms with E-state index in [9.17, 15) is 0 Å². The van der Waals surface area contributed by atoms with E-state index >= 15 is 0 Å². The fourth-order valence-corrected chi connectivity index (χ4v) is 2.76. The average Bonchev–Trinajstić information content (AvgIpc) is 2.48. The summed E-state index contributed by atoms with van der Waals surface area (Å²) in [5, 5.41) is 10.3. The Morgan fingerprint density at radius 2 is 2.23 bits per heavy atom. The molecule has 0 unspecified atom stereocenters. The van der Waals surface area contributed by atoms with E-state index in [0.717, 1.165) is 15.2 Å². The van der Waals surface area contributed by atoms with Crippen LogP contribution in [0, 0.1) is 6.92 Å². The Labute approximate surface area is 86.4 Å². The van der Waals surface area contributed by atoms with Gasteiger partial charge in [0.15, 0.2) is 0 Å². The maximum absolute atomic E-state index is 9.12. The number of aliphatic hydroxyl groups excluding tert-OH is 1. The van der Waals surface area contributed by atoms with Crippen molar-refractivity contribution in [3.05, 3.63) is 29.3 Å². The predicted octanol–water partition coefficient (Wildman–Crippen LogP) is 2.99. The molecule has 0 aliphatic carbocycles. The Morgan fingerprint density at radius 1 is 1.46 bits per heavy atom. The van der Waals surface area contributed by atoms with E-state index in [1.54, 1.807) is 11.3 Å². The molecule has 1 heterocycles. The Bertz CT molecular complexity index is 445. The van der Waals surface area contributed by atoms with Crippen LogP contribution in [-0.2, 0) is 6.61 Å². The molecule has 2 rings (SSSR count). The van der Waals surface area contributed by atoms with Crippen LogP contribution in [0.5, 0.6) is 0 Å². The standard InChI is InChI=1S/C10H10OS2/c1-6-2-3-7(5-11)8-4-9(12)13-10(6)8/h2-4,11-12H,5H2,1H3. The molecule has 1 N–H and O–H groups in total. The molecule has 13 heavy (non-hydrogen) atoms. The zero-order chi connectivity index (χ0) is 9.42. The van der Waals surface area contributed by atoms with Gasteiger partial charge < -0.3 is 5.11 Å². The van der Waals surface area contributed by atoms with Crippen LogP contribution in [0.1, 0.15) is 11.1 Å². The van der Waals surface area contributed by atoms with Gasteiger partial charge in [-0.3, -0.25) is 0 Å². The quantitative estimate of drug-likeness (QED) is 0.693. The monoisotopic (exact) mass is 210 g/mol. The van der Waals surface area contributed by atoms with Crippen molar-refractivity contribution in [3.8, 4) is 0 Å². The highest BCUT2D eigenvalue weighted by Crippen LogP contribution is 2.32. The smallest absolute Gasteiger partial charge is 0.0688 e. The lowest BCUT2D eigenvalue weighted by Crippen LogP contribution is -1.84. The maximum Gasteiger partial charge on any atom is 0.0688 e. The fraction of sp³-hybridized carbons (Fsp3) is 0.200. The van der Waals surface area contributed by atoms with Crippen molar-refractivity contribution in [3.63, 3.8) is 0 Å². The van der Waals surface area contributed by atoms with Crippen LogP contribution >= 0.6 is 24.0 Å². The van der Waals surface area contributed by atoms with Crippen molar-refractivity contribution < 1.29 is 5.11 Å². The highest BCUT2D eigenvalue weighted by molar-refractivity contribution is 7.83. The number of rotatable bonds is 1. The van der Waals surface area contributed by atoms with E-state index < -0.39 is 0 Å². The fourth-order valence-electron chi connectivity index (χ4n) is 1.44. The Morgan fingerprint density at radius 3 is 2.92 bits per heavy atom. The van der Waals surface area contributed by atoms with Crippen molar-refractivity contribution >= 4 is 34.1 Å². The van der Waals surface area contributed by atoms with Crippen molar-refractivity contribution in [1.29, 1.82) is 0 Å². The van der Waals surface area contributed by atoms with Crippen molar-refractivity contribution in [2.75, 3.05) is 0 Å². The van der Waals surface area contributed by atoms with Gasteiger partial charge in [-0.1, -0.05) is 12.1 Å². The number of hydrogen-bond acceptors (Lipinski definition) is 3. The maximum atomic E-state index is 9.12. The van der Waals surface area contributed by atoms with Gasteiger partial charge >= 0.3 is 0 Å². The molecule has 1 aromatic heterocycles. The third-order valence-electron chi connectivity index (χ3n) is 2.13. The first-order chi connectivity index (χ1) is 6.22. The number of thiol groups is 1. The molecule has 3 heteroatoms. The summed E-state index contributed by atoms with van der Waals surface area (Å²) in [6.45, 7) is 2.17. The van der Waals surface area contributed by atoms with E-state index in [1.165, 1.54) is 10.3 Å². The van der Waals surface area contributed by atoms with Crippen LogP contribution in [-0.4, -0.2) is 5.11 Å². The first-order valence-electron chi connectivity index (χ1n) is 4.04. The molecule has 0 spiro atoms. The number of hydrogen-bond donors (Lipinski definition) is 2. The number of aryl methyl sites for hydroxylation is 1. The highest BCUT2D eigenvalue weighted by Gasteiger charge is 2.05. The van der Waals surface area contributed by atoms with Crippen molar-refractivity contribution in [2.24, 2.45) is 0 Å². The third-order valence-corrected chi connectivity index (χ3v) is 3.60. The summed E-state index contributed by atoms with van der Waals surface area (Å²) in [6.07, 6.45) is 0. The van der Waals surface area contributed by atoms with Crippen molar-refractivity contribution in [2.45, 2.75) is 17.7 Å². The van der Waals surface area contributed by atoms with Crippen LogP contribution in [0.3, 0.4) is 0 Å². The molecule has 0 aliphatic rings. The molecule has 0 saturated heterocycles. The number of aliphatic hydroxyl groups is 1. The van der Waals surface area contributed by atoms with Gasteiger partial charge in [0.1, 0.15) is 0 Å². The van der Waals surface area contributed by atoms with Gasteiger partial charge in [0.05, 0.1) is 10.8 Å². The molecule has 0 saturated carbocycles. The summed E-state index contributed by atoms with van der Waals surface area (Å²) in [6, 6.07) is 6.02. The van der Waals surface area contributed by atoms with E-state index in [4.69, 9.17) is 5.11 Å². The summed E-state index contributed by atoms with van der Waals surface area (Å²) in [7, 11) is 0. The lowest BCUT2D eigenvalue weighted by Gasteiger charge is -2.00. The van der Waals surface area contributed by atoms with Gasteiger partial charge in [-0.2, -0.15) is 0 Å². The van der Waals surface area contributed by atoms with Gasteiger partial charge in [-0.15, -0.1) is 24.0 Å². The summed E-state index contributed by atoms with van der Waals surface area (Å²) in [4.78, 5) is 0. The van der Waals surface area contributed by atoms with Crippen molar-refractivity contribution in [1.82, 2.24) is 0 Å². The largest absolute Gasteiger partial charge is 0.392 e. The lowest BCUT2D eigenvalue weighted by atomic mass is 10.1. The molecule has 2 aromatic rings. The SMILES string of the molecule is Cc1ccc(CO)c2cc(S)sc12. The molecular weight excluding hydrogens is 200 g/mol. The minimum absolute atomic E-state index is 0.0979. The number of benzene rings is 1. The predicted molar refractivity (Wildman–Crippen MR) is 59.7 cm³/mol. The van der Waals surface area contributed by atoms with Gasteiger partial charge in [0, 0.05) is 4.70 Å². The van der Waals surface area contributed by atoms with Gasteiger partial charge in [0.2, 0.25) is 0 Å². The zero-order valence-corrected chi connectivity index (χ0v) is 8.95. The van der Waals surface area contributed by atoms with E-state index in [1.807, 2.05) is 18.2 Å². The van der Waals surface area contributed by atoms with Gasteiger partial charge in [0.25, 0.3) is 0 Å². The minimum Gasteiger partial charge on any atom is -0.392 e. The summed E-state index contributed by atoms with van der Waals surface area (Å²) < 4.78 is 2.23. The van der Waals surface area contributed by atoms with Crippen LogP contribution in [0.15, 0.2) is 22.4 Å². The third kappa shape index (κ3) is 1.47. The molecule has 0 amide bonds. The number of fused-ring (bicyclic) bond motifs is 1. The lowest BCUT2D eigenvalue weighted by molar-refractivity contribution is 0.283. The minimum atomic E-state index is 0.0979. The second-order valence-corrected chi connectivity index (χ2v) is 4.86. The second-order valence-electron chi connectivity index (χ2n) is 3.03. The summed E-state index contributed by atoms with van der Waals surface area (Å²) in [5.74, 6) is 0. The molecule has 0 fully saturated rings. The normalized spacial score (nSPS) is 11.0. The first-order valence-corrected chi connectivity index (χ1v) is 5.30. The second kappa shape index (κ2) is 3.33. The Kier molecular flexibility index (Phi) is 2.32. The molecule has 0 atom stereocenters. The molecule has 1 aromatic carbocycles. The molecule has 0 bridgehead atoms. The molecule has 68 valence electrons. The van der Waals surface area contributed by atoms with E-state index in [0.29, 0.717) is 0 Å². The molecule has 1 nitrogen and oxygen atoms in total. The zero-order valence-electron chi connectivity index (χ0n) is 7.24. The van der Waals surface area contributed by atoms with Crippen LogP contribution in [0.25, 0.3) is 10.1 Å². The summed E-state index contributed by atoms with van der Waals surface area (Å²) >= 11 is 5.97. The Hall–Kier alpha value is -0.510. The summed E-state index contributed by atoms with van der Waals surface area (Å²) in [5.41, 5.74) is 2.23. The van der Waals surface area contributed by atoms with Crippen LogP contribution < -0.4 is 0 Å². The van der Waals surface area contributed by atoms with Gasteiger partial charge in [-0.05, 0) is 29.5 Å². The molecule has 0 radical (unpaired) electrons. The van der Waals surface area contributed by atoms with Crippen LogP contribution in [0.4, 0.5) is 0 Å². The first kappa shape index (κ1) is 9.06. The average molecular weight is 210 g/mol.